The van der Waals surface area contributed by atoms with Crippen LogP contribution in [0.1, 0.15) is 18.2 Å². The van der Waals surface area contributed by atoms with E-state index in [0.717, 1.165) is 21.9 Å². The topological polar surface area (TPSA) is 80.3 Å². The van der Waals surface area contributed by atoms with E-state index < -0.39 is 5.82 Å². The van der Waals surface area contributed by atoms with E-state index in [0.29, 0.717) is 17.1 Å². The number of hydrogen-bond donors (Lipinski definition) is 0. The minimum Gasteiger partial charge on any atom is -0.427 e. The molecule has 0 atom stereocenters. The first-order chi connectivity index (χ1) is 10.6. The predicted octanol–water partition coefficient (Wildman–Crippen LogP) is 2.52. The highest BCUT2D eigenvalue weighted by molar-refractivity contribution is 7.18. The third kappa shape index (κ3) is 2.54. The van der Waals surface area contributed by atoms with Gasteiger partial charge >= 0.3 is 0 Å². The zero-order chi connectivity index (χ0) is 15.7. The van der Waals surface area contributed by atoms with Gasteiger partial charge in [0.2, 0.25) is 4.96 Å². The van der Waals surface area contributed by atoms with Crippen molar-refractivity contribution in [2.45, 2.75) is 13.3 Å². The SMILES string of the molecule is CCc1cc(=O)n2nc(Oc3ccc(C#N)cc3F)sc2n1. The van der Waals surface area contributed by atoms with E-state index in [1.165, 1.54) is 18.2 Å². The molecule has 110 valence electrons. The summed E-state index contributed by atoms with van der Waals surface area (Å²) in [5, 5.41) is 12.8. The Morgan fingerprint density at radius 3 is 2.95 bits per heavy atom. The van der Waals surface area contributed by atoms with Crippen LogP contribution in [0, 0.1) is 17.1 Å². The van der Waals surface area contributed by atoms with E-state index in [2.05, 4.69) is 10.1 Å². The van der Waals surface area contributed by atoms with Gasteiger partial charge in [-0.15, -0.1) is 5.10 Å². The Balaban J connectivity index is 2.00. The zero-order valence-corrected chi connectivity index (χ0v) is 12.2. The highest BCUT2D eigenvalue weighted by Gasteiger charge is 2.12. The Labute approximate surface area is 128 Å². The van der Waals surface area contributed by atoms with Gasteiger partial charge in [-0.25, -0.2) is 9.37 Å². The second kappa shape index (κ2) is 5.54. The Morgan fingerprint density at radius 1 is 1.45 bits per heavy atom. The molecule has 0 fully saturated rings. The number of benzene rings is 1. The molecule has 0 spiro atoms. The minimum absolute atomic E-state index is 0.0678. The highest BCUT2D eigenvalue weighted by atomic mass is 32.1. The summed E-state index contributed by atoms with van der Waals surface area (Å²) in [6.07, 6.45) is 0.629. The second-order valence-corrected chi connectivity index (χ2v) is 5.28. The largest absolute Gasteiger partial charge is 0.427 e. The fourth-order valence-electron chi connectivity index (χ4n) is 1.81. The van der Waals surface area contributed by atoms with Gasteiger partial charge in [0.15, 0.2) is 11.6 Å². The van der Waals surface area contributed by atoms with Crippen molar-refractivity contribution in [3.05, 3.63) is 51.7 Å². The molecule has 0 saturated carbocycles. The summed E-state index contributed by atoms with van der Waals surface area (Å²) >= 11 is 1.04. The maximum absolute atomic E-state index is 13.8. The van der Waals surface area contributed by atoms with Crippen molar-refractivity contribution in [3.8, 4) is 17.0 Å². The molecular weight excluding hydrogens is 307 g/mol. The van der Waals surface area contributed by atoms with Crippen LogP contribution in [0.15, 0.2) is 29.1 Å². The molecule has 0 N–H and O–H groups in total. The quantitative estimate of drug-likeness (QED) is 0.741. The number of nitrogens with zero attached hydrogens (tertiary/aromatic N) is 4. The minimum atomic E-state index is -0.673. The third-order valence-corrected chi connectivity index (χ3v) is 3.69. The normalized spacial score (nSPS) is 10.6. The molecule has 0 bridgehead atoms. The predicted molar refractivity (Wildman–Crippen MR) is 77.7 cm³/mol. The van der Waals surface area contributed by atoms with Crippen LogP contribution in [0.25, 0.3) is 4.96 Å². The van der Waals surface area contributed by atoms with Crippen LogP contribution in [-0.4, -0.2) is 14.6 Å². The van der Waals surface area contributed by atoms with Crippen molar-refractivity contribution < 1.29 is 9.13 Å². The van der Waals surface area contributed by atoms with Crippen LogP contribution in [0.4, 0.5) is 4.39 Å². The van der Waals surface area contributed by atoms with Crippen LogP contribution in [0.3, 0.4) is 0 Å². The first kappa shape index (κ1) is 14.2. The fraction of sp³-hybridized carbons (Fsp3) is 0.143. The molecular formula is C14H9FN4O2S. The lowest BCUT2D eigenvalue weighted by atomic mass is 10.2. The number of rotatable bonds is 3. The van der Waals surface area contributed by atoms with Crippen molar-refractivity contribution in [1.82, 2.24) is 14.6 Å². The number of aryl methyl sites for hydroxylation is 1. The van der Waals surface area contributed by atoms with Gasteiger partial charge in [-0.3, -0.25) is 4.79 Å². The summed E-state index contributed by atoms with van der Waals surface area (Å²) in [6.45, 7) is 1.89. The molecule has 2 heterocycles. The number of aromatic nitrogens is 3. The summed E-state index contributed by atoms with van der Waals surface area (Å²) < 4.78 is 20.3. The maximum atomic E-state index is 13.8. The number of hydrogen-bond acceptors (Lipinski definition) is 6. The second-order valence-electron chi connectivity index (χ2n) is 4.36. The van der Waals surface area contributed by atoms with Crippen molar-refractivity contribution in [2.75, 3.05) is 0 Å². The van der Waals surface area contributed by atoms with Crippen LogP contribution in [0.2, 0.25) is 0 Å². The van der Waals surface area contributed by atoms with Crippen LogP contribution >= 0.6 is 11.3 Å². The van der Waals surface area contributed by atoms with Gasteiger partial charge in [-0.2, -0.15) is 9.78 Å². The molecule has 6 nitrogen and oxygen atoms in total. The molecule has 0 amide bonds. The number of fused-ring (bicyclic) bond motifs is 1. The summed E-state index contributed by atoms with van der Waals surface area (Å²) in [4.78, 5) is 16.5. The molecule has 3 aromatic rings. The smallest absolute Gasteiger partial charge is 0.300 e. The van der Waals surface area contributed by atoms with Crippen LogP contribution in [0.5, 0.6) is 10.9 Å². The summed E-state index contributed by atoms with van der Waals surface area (Å²) in [7, 11) is 0. The average molecular weight is 316 g/mol. The molecule has 0 aliphatic carbocycles. The molecule has 8 heteroatoms. The average Bonchev–Trinajstić information content (AvgIpc) is 2.92. The lowest BCUT2D eigenvalue weighted by Crippen LogP contribution is -2.14. The van der Waals surface area contributed by atoms with E-state index in [9.17, 15) is 9.18 Å². The van der Waals surface area contributed by atoms with Crippen LogP contribution in [-0.2, 0) is 6.42 Å². The fourth-order valence-corrected chi connectivity index (χ4v) is 2.60. The Kier molecular flexibility index (Phi) is 3.56. The zero-order valence-electron chi connectivity index (χ0n) is 11.4. The van der Waals surface area contributed by atoms with Gasteiger partial charge in [-0.05, 0) is 36.0 Å². The van der Waals surface area contributed by atoms with Gasteiger partial charge in [0.1, 0.15) is 0 Å². The van der Waals surface area contributed by atoms with Gasteiger partial charge < -0.3 is 4.74 Å². The lowest BCUT2D eigenvalue weighted by Gasteiger charge is -2.02. The number of nitriles is 1. The van der Waals surface area contributed by atoms with Crippen molar-refractivity contribution in [3.63, 3.8) is 0 Å². The van der Waals surface area contributed by atoms with Gasteiger partial charge in [0, 0.05) is 11.8 Å². The molecule has 0 radical (unpaired) electrons. The number of halogens is 1. The van der Waals surface area contributed by atoms with Crippen molar-refractivity contribution >= 4 is 16.3 Å². The van der Waals surface area contributed by atoms with E-state index in [1.54, 1.807) is 0 Å². The Morgan fingerprint density at radius 2 is 2.27 bits per heavy atom. The summed E-state index contributed by atoms with van der Waals surface area (Å²) in [6, 6.07) is 7.09. The first-order valence-electron chi connectivity index (χ1n) is 6.38. The summed E-state index contributed by atoms with van der Waals surface area (Å²) in [5.41, 5.74) is 0.539. The third-order valence-electron chi connectivity index (χ3n) is 2.90. The van der Waals surface area contributed by atoms with Crippen molar-refractivity contribution in [2.24, 2.45) is 0 Å². The standard InChI is InChI=1S/C14H9FN4O2S/c1-2-9-6-12(20)19-13(17-9)22-14(18-19)21-11-4-3-8(7-16)5-10(11)15/h3-6H,2H2,1H3. The molecule has 22 heavy (non-hydrogen) atoms. The molecule has 3 rings (SSSR count). The van der Waals surface area contributed by atoms with E-state index in [-0.39, 0.29) is 22.1 Å². The van der Waals surface area contributed by atoms with Gasteiger partial charge in [0.05, 0.1) is 11.6 Å². The van der Waals surface area contributed by atoms with E-state index in [4.69, 9.17) is 10.00 Å². The van der Waals surface area contributed by atoms with E-state index >= 15 is 0 Å². The molecule has 0 saturated heterocycles. The Bertz CT molecular complexity index is 958. The van der Waals surface area contributed by atoms with E-state index in [1.807, 2.05) is 13.0 Å². The highest BCUT2D eigenvalue weighted by Crippen LogP contribution is 2.28. The number of ether oxygens (including phenoxy) is 1. The molecule has 1 aromatic carbocycles. The molecule has 0 aliphatic heterocycles. The first-order valence-corrected chi connectivity index (χ1v) is 7.19. The van der Waals surface area contributed by atoms with Crippen LogP contribution < -0.4 is 10.3 Å². The van der Waals surface area contributed by atoms with Gasteiger partial charge in [0.25, 0.3) is 10.8 Å². The summed E-state index contributed by atoms with van der Waals surface area (Å²) in [5.74, 6) is -0.741. The van der Waals surface area contributed by atoms with Gasteiger partial charge in [-0.1, -0.05) is 6.92 Å². The van der Waals surface area contributed by atoms with Crippen molar-refractivity contribution in [1.29, 1.82) is 5.26 Å². The molecule has 0 aliphatic rings. The lowest BCUT2D eigenvalue weighted by molar-refractivity contribution is 0.433. The maximum Gasteiger partial charge on any atom is 0.300 e. The molecule has 2 aromatic heterocycles. The Hall–Kier alpha value is -2.79. The monoisotopic (exact) mass is 316 g/mol. The molecule has 0 unspecified atom stereocenters.